The first-order chi connectivity index (χ1) is 21.0. The molecule has 2 heterocycles. The van der Waals surface area contributed by atoms with Crippen molar-refractivity contribution in [3.63, 3.8) is 0 Å². The zero-order valence-corrected chi connectivity index (χ0v) is 25.5. The standard InChI is InChI=1S/C33H31Cl2FN2O6/c1-44-25-15-17(7-14-24(25)39)27-21-12-13-22-26(29(41)37(28(22)40)19-5-3-2-4-6-19)23(21)16-32(34)30(42)38(31(43)33(27,32)35)20-10-8-18(36)9-11-20/h7-12,14-15,19,22-23,26-27,39H,2-6,13,16H2,1H3. The molecule has 0 bridgehead atoms. The van der Waals surface area contributed by atoms with E-state index in [2.05, 4.69) is 0 Å². The van der Waals surface area contributed by atoms with Crippen LogP contribution in [0.4, 0.5) is 10.1 Å². The first-order valence-corrected chi connectivity index (χ1v) is 15.7. The molecule has 2 aliphatic heterocycles. The molecule has 230 valence electrons. The van der Waals surface area contributed by atoms with Gasteiger partial charge in [0.25, 0.3) is 11.8 Å². The number of carbonyl (C=O) groups excluding carboxylic acids is 4. The smallest absolute Gasteiger partial charge is 0.258 e. The van der Waals surface area contributed by atoms with Crippen LogP contribution in [0.1, 0.15) is 56.4 Å². The van der Waals surface area contributed by atoms with E-state index < -0.39 is 51.1 Å². The number of benzene rings is 2. The summed E-state index contributed by atoms with van der Waals surface area (Å²) in [4.78, 5) is 54.9. The van der Waals surface area contributed by atoms with E-state index in [1.165, 1.54) is 30.2 Å². The van der Waals surface area contributed by atoms with Crippen molar-refractivity contribution in [3.05, 3.63) is 65.5 Å². The zero-order valence-electron chi connectivity index (χ0n) is 24.0. The molecule has 6 atom stereocenters. The van der Waals surface area contributed by atoms with Gasteiger partial charge < -0.3 is 9.84 Å². The number of phenols is 1. The minimum atomic E-state index is -2.05. The summed E-state index contributed by atoms with van der Waals surface area (Å²) in [6.07, 6.45) is 6.51. The number of anilines is 1. The van der Waals surface area contributed by atoms with Crippen LogP contribution in [-0.2, 0) is 19.2 Å². The first kappa shape index (κ1) is 29.3. The van der Waals surface area contributed by atoms with Crippen LogP contribution in [0.25, 0.3) is 0 Å². The van der Waals surface area contributed by atoms with E-state index in [0.29, 0.717) is 11.1 Å². The fourth-order valence-electron chi connectivity index (χ4n) is 8.37. The van der Waals surface area contributed by atoms with Gasteiger partial charge in [0.2, 0.25) is 11.8 Å². The second-order valence-corrected chi connectivity index (χ2v) is 13.8. The number of likely N-dealkylation sites (tertiary alicyclic amines) is 1. The maximum atomic E-state index is 14.4. The van der Waals surface area contributed by atoms with E-state index in [-0.39, 0.29) is 47.9 Å². The van der Waals surface area contributed by atoms with E-state index in [4.69, 9.17) is 27.9 Å². The number of phenolic OH excluding ortho intramolecular Hbond substituents is 1. The maximum Gasteiger partial charge on any atom is 0.258 e. The molecule has 2 saturated heterocycles. The fourth-order valence-corrected chi connectivity index (χ4v) is 9.30. The molecule has 7 rings (SSSR count). The maximum absolute atomic E-state index is 14.4. The van der Waals surface area contributed by atoms with E-state index in [1.54, 1.807) is 12.1 Å². The number of imide groups is 2. The number of rotatable bonds is 4. The second kappa shape index (κ2) is 10.3. The van der Waals surface area contributed by atoms with Gasteiger partial charge in [-0.2, -0.15) is 0 Å². The third kappa shape index (κ3) is 3.87. The van der Waals surface area contributed by atoms with Crippen molar-refractivity contribution in [1.29, 1.82) is 0 Å². The van der Waals surface area contributed by atoms with Gasteiger partial charge in [-0.05, 0) is 73.6 Å². The highest BCUT2D eigenvalue weighted by molar-refractivity contribution is 6.58. The molecule has 0 radical (unpaired) electrons. The Hall–Kier alpha value is -3.43. The molecule has 2 saturated carbocycles. The van der Waals surface area contributed by atoms with Gasteiger partial charge >= 0.3 is 0 Å². The zero-order chi connectivity index (χ0) is 31.1. The molecule has 2 aromatic carbocycles. The number of fused-ring (bicyclic) bond motifs is 4. The van der Waals surface area contributed by atoms with Crippen LogP contribution in [-0.4, -0.2) is 56.5 Å². The number of methoxy groups -OCH3 is 1. The van der Waals surface area contributed by atoms with Gasteiger partial charge in [-0.3, -0.25) is 24.1 Å². The number of ether oxygens (including phenoxy) is 1. The molecule has 4 amide bonds. The second-order valence-electron chi connectivity index (χ2n) is 12.5. The number of allylic oxidation sites excluding steroid dienone is 2. The summed E-state index contributed by atoms with van der Waals surface area (Å²) in [5.74, 6) is -5.59. The van der Waals surface area contributed by atoms with Crippen molar-refractivity contribution in [1.82, 2.24) is 4.90 Å². The third-order valence-corrected chi connectivity index (χ3v) is 11.8. The molecule has 0 aromatic heterocycles. The minimum Gasteiger partial charge on any atom is -0.504 e. The number of nitrogens with zero attached hydrogens (tertiary/aromatic N) is 2. The van der Waals surface area contributed by atoms with Gasteiger partial charge in [0.05, 0.1) is 24.6 Å². The summed E-state index contributed by atoms with van der Waals surface area (Å²) in [6, 6.07) is 9.29. The van der Waals surface area contributed by atoms with Gasteiger partial charge in [-0.15, -0.1) is 23.2 Å². The van der Waals surface area contributed by atoms with E-state index >= 15 is 0 Å². The summed E-state index contributed by atoms with van der Waals surface area (Å²) in [6.45, 7) is 0. The van der Waals surface area contributed by atoms with Crippen LogP contribution in [0, 0.1) is 23.6 Å². The monoisotopic (exact) mass is 640 g/mol. The molecule has 44 heavy (non-hydrogen) atoms. The van der Waals surface area contributed by atoms with Crippen molar-refractivity contribution in [2.24, 2.45) is 17.8 Å². The molecule has 3 aliphatic carbocycles. The van der Waals surface area contributed by atoms with E-state index in [9.17, 15) is 28.7 Å². The number of hydrogen-bond donors (Lipinski definition) is 1. The van der Waals surface area contributed by atoms with E-state index in [1.807, 2.05) is 6.08 Å². The lowest BCUT2D eigenvalue weighted by Crippen LogP contribution is -2.60. The molecule has 1 N–H and O–H groups in total. The van der Waals surface area contributed by atoms with Crippen molar-refractivity contribution in [2.45, 2.75) is 66.7 Å². The highest BCUT2D eigenvalue weighted by atomic mass is 35.5. The summed E-state index contributed by atoms with van der Waals surface area (Å²) in [5.41, 5.74) is 1.22. The molecule has 8 nitrogen and oxygen atoms in total. The summed E-state index contributed by atoms with van der Waals surface area (Å²) >= 11 is 14.8. The minimum absolute atomic E-state index is 0.114. The van der Waals surface area contributed by atoms with Crippen LogP contribution in [0.2, 0.25) is 0 Å². The number of amides is 4. The topological polar surface area (TPSA) is 104 Å². The Balaban J connectivity index is 1.39. The Bertz CT molecular complexity index is 1620. The highest BCUT2D eigenvalue weighted by Crippen LogP contribution is 2.66. The fraction of sp³-hybridized carbons (Fsp3) is 0.455. The lowest BCUT2D eigenvalue weighted by atomic mass is 9.56. The lowest BCUT2D eigenvalue weighted by molar-refractivity contribution is -0.143. The summed E-state index contributed by atoms with van der Waals surface area (Å²) < 4.78 is 19.2. The number of alkyl halides is 2. The van der Waals surface area contributed by atoms with Crippen molar-refractivity contribution in [3.8, 4) is 11.5 Å². The summed E-state index contributed by atoms with van der Waals surface area (Å²) in [5, 5.41) is 10.4. The summed E-state index contributed by atoms with van der Waals surface area (Å²) in [7, 11) is 1.39. The largest absolute Gasteiger partial charge is 0.504 e. The van der Waals surface area contributed by atoms with Crippen molar-refractivity contribution in [2.75, 3.05) is 12.0 Å². The number of halogens is 3. The Kier molecular flexibility index (Phi) is 6.86. The SMILES string of the molecule is COc1cc(C2C3=CCC4C(=O)N(C5CCCCC5)C(=O)C4C3CC3(Cl)C(=O)N(c4ccc(F)cc4)C(=O)C23Cl)ccc1O. The molecular weight excluding hydrogens is 610 g/mol. The Morgan fingerprint density at radius 1 is 0.932 bits per heavy atom. The predicted molar refractivity (Wildman–Crippen MR) is 160 cm³/mol. The average molecular weight is 642 g/mol. The average Bonchev–Trinajstić information content (AvgIpc) is 3.36. The number of hydrogen-bond acceptors (Lipinski definition) is 6. The number of aromatic hydroxyl groups is 1. The molecule has 2 aromatic rings. The van der Waals surface area contributed by atoms with Crippen LogP contribution >= 0.6 is 23.2 Å². The van der Waals surface area contributed by atoms with Crippen LogP contribution < -0.4 is 9.64 Å². The van der Waals surface area contributed by atoms with Gasteiger partial charge in [0.15, 0.2) is 21.2 Å². The van der Waals surface area contributed by atoms with Crippen LogP contribution in [0.15, 0.2) is 54.1 Å². The molecule has 11 heteroatoms. The Labute approximate surface area is 263 Å². The van der Waals surface area contributed by atoms with Crippen LogP contribution in [0.5, 0.6) is 11.5 Å². The first-order valence-electron chi connectivity index (χ1n) is 15.0. The van der Waals surface area contributed by atoms with Crippen molar-refractivity contribution >= 4 is 52.5 Å². The predicted octanol–water partition coefficient (Wildman–Crippen LogP) is 5.44. The molecule has 4 fully saturated rings. The lowest BCUT2D eigenvalue weighted by Gasteiger charge is -2.50. The molecule has 0 spiro atoms. The highest BCUT2D eigenvalue weighted by Gasteiger charge is 2.76. The van der Waals surface area contributed by atoms with Crippen molar-refractivity contribution < 1.29 is 33.4 Å². The van der Waals surface area contributed by atoms with Gasteiger partial charge in [0.1, 0.15) is 5.82 Å². The Morgan fingerprint density at radius 3 is 2.32 bits per heavy atom. The number of carbonyl (C=O) groups is 4. The van der Waals surface area contributed by atoms with E-state index in [0.717, 1.165) is 49.1 Å². The third-order valence-electron chi connectivity index (χ3n) is 10.4. The molecule has 5 aliphatic rings. The normalized spacial score (nSPS) is 33.7. The quantitative estimate of drug-likeness (QED) is 0.271. The van der Waals surface area contributed by atoms with Gasteiger partial charge in [-0.1, -0.05) is 37.0 Å². The Morgan fingerprint density at radius 2 is 1.64 bits per heavy atom. The molecular formula is C33H31Cl2FN2O6. The molecule has 6 unspecified atom stereocenters. The van der Waals surface area contributed by atoms with Gasteiger partial charge in [0, 0.05) is 12.0 Å². The van der Waals surface area contributed by atoms with Crippen LogP contribution in [0.3, 0.4) is 0 Å². The van der Waals surface area contributed by atoms with Gasteiger partial charge in [-0.25, -0.2) is 9.29 Å².